The van der Waals surface area contributed by atoms with Gasteiger partial charge in [-0.25, -0.2) is 0 Å². The summed E-state index contributed by atoms with van der Waals surface area (Å²) in [6.07, 6.45) is 0.134. The largest absolute Gasteiger partial charge is 0.449 e. The van der Waals surface area contributed by atoms with E-state index in [9.17, 15) is 22.8 Å². The minimum absolute atomic E-state index is 0.0191. The van der Waals surface area contributed by atoms with Gasteiger partial charge in [0.1, 0.15) is 12.1 Å². The average molecular weight is 453 g/mol. The zero-order valence-electron chi connectivity index (χ0n) is 16.6. The molecule has 4 saturated carbocycles. The zero-order chi connectivity index (χ0) is 21.7. The number of alkyl halides is 3. The summed E-state index contributed by atoms with van der Waals surface area (Å²) >= 11 is 6.36. The molecule has 0 N–H and O–H groups in total. The van der Waals surface area contributed by atoms with Gasteiger partial charge in [-0.1, -0.05) is 11.6 Å². The lowest BCUT2D eigenvalue weighted by Gasteiger charge is -2.67. The molecule has 1 saturated heterocycles. The average Bonchev–Trinajstić information content (AvgIpc) is 3.43. The van der Waals surface area contributed by atoms with E-state index in [4.69, 9.17) is 16.0 Å². The number of furan rings is 1. The van der Waals surface area contributed by atoms with Crippen molar-refractivity contribution in [2.45, 2.75) is 49.7 Å². The van der Waals surface area contributed by atoms with E-state index < -0.39 is 23.2 Å². The standard InChI is InChI=1S/C22H20ClF3N2O3/c23-17-14-5-13(12-1-2-12)6-15(22(24,25)26)18(14)31-19(17)20(30)27-3-4-28(16(29)10-27)21-7-11(8-21)9-21/h5-6,11-12H,1-4,7-10H2. The fourth-order valence-corrected chi connectivity index (χ4v) is 5.71. The van der Waals surface area contributed by atoms with Crippen molar-refractivity contribution in [2.75, 3.05) is 19.6 Å². The zero-order valence-corrected chi connectivity index (χ0v) is 17.4. The van der Waals surface area contributed by atoms with Crippen LogP contribution >= 0.6 is 11.6 Å². The molecular formula is C22H20ClF3N2O3. The number of hydrogen-bond donors (Lipinski definition) is 0. The van der Waals surface area contributed by atoms with Gasteiger partial charge in [0.05, 0.1) is 10.6 Å². The van der Waals surface area contributed by atoms with Gasteiger partial charge in [0.15, 0.2) is 0 Å². The van der Waals surface area contributed by atoms with Crippen molar-refractivity contribution in [1.82, 2.24) is 9.80 Å². The number of carbonyl (C=O) groups is 2. The van der Waals surface area contributed by atoms with E-state index >= 15 is 0 Å². The topological polar surface area (TPSA) is 53.8 Å². The molecule has 2 bridgehead atoms. The van der Waals surface area contributed by atoms with Crippen molar-refractivity contribution in [3.05, 3.63) is 34.0 Å². The van der Waals surface area contributed by atoms with Gasteiger partial charge >= 0.3 is 6.18 Å². The molecule has 164 valence electrons. The maximum absolute atomic E-state index is 13.7. The molecule has 5 aliphatic rings. The van der Waals surface area contributed by atoms with E-state index in [1.807, 2.05) is 4.90 Å². The molecule has 7 rings (SSSR count). The number of nitrogens with zero attached hydrogens (tertiary/aromatic N) is 2. The van der Waals surface area contributed by atoms with Crippen molar-refractivity contribution in [2.24, 2.45) is 5.92 Å². The lowest BCUT2D eigenvalue weighted by atomic mass is 9.49. The van der Waals surface area contributed by atoms with Crippen molar-refractivity contribution in [3.63, 3.8) is 0 Å². The highest BCUT2D eigenvalue weighted by Gasteiger charge is 2.61. The molecule has 4 aliphatic carbocycles. The van der Waals surface area contributed by atoms with Crippen LogP contribution in [0, 0.1) is 5.92 Å². The van der Waals surface area contributed by atoms with E-state index in [1.54, 1.807) is 6.07 Å². The van der Waals surface area contributed by atoms with Crippen LogP contribution in [-0.4, -0.2) is 46.8 Å². The second kappa shape index (κ2) is 6.18. The van der Waals surface area contributed by atoms with Crippen LogP contribution < -0.4 is 0 Å². The second-order valence-electron chi connectivity index (χ2n) is 9.44. The van der Waals surface area contributed by atoms with Crippen LogP contribution in [0.3, 0.4) is 0 Å². The van der Waals surface area contributed by atoms with E-state index in [0.717, 1.165) is 44.1 Å². The van der Waals surface area contributed by atoms with Gasteiger partial charge in [0.2, 0.25) is 11.7 Å². The minimum Gasteiger partial charge on any atom is -0.449 e. The fraction of sp³-hybridized carbons (Fsp3) is 0.545. The first kappa shape index (κ1) is 19.5. The first-order chi connectivity index (χ1) is 14.7. The summed E-state index contributed by atoms with van der Waals surface area (Å²) < 4.78 is 46.5. The third-order valence-corrected chi connectivity index (χ3v) is 7.76. The Labute approximate surface area is 181 Å². The lowest BCUT2D eigenvalue weighted by molar-refractivity contribution is -0.177. The van der Waals surface area contributed by atoms with E-state index in [0.29, 0.717) is 18.7 Å². The van der Waals surface area contributed by atoms with Gasteiger partial charge in [-0.15, -0.1) is 0 Å². The summed E-state index contributed by atoms with van der Waals surface area (Å²) in [4.78, 5) is 29.0. The Morgan fingerprint density at radius 2 is 1.87 bits per heavy atom. The summed E-state index contributed by atoms with van der Waals surface area (Å²) in [5.41, 5.74) is -0.806. The number of hydrogen-bond acceptors (Lipinski definition) is 3. The molecule has 2 aromatic rings. The van der Waals surface area contributed by atoms with Crippen molar-refractivity contribution < 1.29 is 27.2 Å². The fourth-order valence-electron chi connectivity index (χ4n) is 5.45. The Balaban J connectivity index is 1.32. The van der Waals surface area contributed by atoms with E-state index in [1.165, 1.54) is 4.90 Å². The molecule has 9 heteroatoms. The quantitative estimate of drug-likeness (QED) is 0.671. The lowest BCUT2D eigenvalue weighted by Crippen LogP contribution is -2.72. The molecule has 5 fully saturated rings. The summed E-state index contributed by atoms with van der Waals surface area (Å²) in [7, 11) is 0. The number of piperazine rings is 1. The molecule has 1 aromatic carbocycles. The van der Waals surface area contributed by atoms with Crippen molar-refractivity contribution in [3.8, 4) is 0 Å². The van der Waals surface area contributed by atoms with Crippen LogP contribution in [0.25, 0.3) is 11.0 Å². The molecule has 0 unspecified atom stereocenters. The number of fused-ring (bicyclic) bond motifs is 1. The summed E-state index contributed by atoms with van der Waals surface area (Å²) in [6.45, 7) is 0.622. The molecular weight excluding hydrogens is 433 g/mol. The summed E-state index contributed by atoms with van der Waals surface area (Å²) in [6, 6.07) is 2.69. The molecule has 1 aromatic heterocycles. The Hall–Kier alpha value is -2.22. The molecule has 0 atom stereocenters. The van der Waals surface area contributed by atoms with Crippen LogP contribution in [-0.2, 0) is 11.0 Å². The maximum Gasteiger partial charge on any atom is 0.420 e. The van der Waals surface area contributed by atoms with Crippen LogP contribution in [0.4, 0.5) is 13.2 Å². The predicted molar refractivity (Wildman–Crippen MR) is 106 cm³/mol. The van der Waals surface area contributed by atoms with Gasteiger partial charge in [-0.05, 0) is 61.6 Å². The Morgan fingerprint density at radius 1 is 1.16 bits per heavy atom. The van der Waals surface area contributed by atoms with Gasteiger partial charge in [-0.3, -0.25) is 9.59 Å². The summed E-state index contributed by atoms with van der Waals surface area (Å²) in [5, 5.41) is -0.0251. The molecule has 1 aliphatic heterocycles. The van der Waals surface area contributed by atoms with Gasteiger partial charge < -0.3 is 14.2 Å². The molecule has 0 radical (unpaired) electrons. The van der Waals surface area contributed by atoms with Crippen LogP contribution in [0.2, 0.25) is 5.02 Å². The Bertz CT molecular complexity index is 1120. The molecule has 31 heavy (non-hydrogen) atoms. The first-order valence-corrected chi connectivity index (χ1v) is 11.0. The Morgan fingerprint density at radius 3 is 2.42 bits per heavy atom. The van der Waals surface area contributed by atoms with Gasteiger partial charge in [0.25, 0.3) is 5.91 Å². The number of carbonyl (C=O) groups excluding carboxylic acids is 2. The maximum atomic E-state index is 13.7. The van der Waals surface area contributed by atoms with Crippen LogP contribution in [0.1, 0.15) is 59.7 Å². The smallest absolute Gasteiger partial charge is 0.420 e. The van der Waals surface area contributed by atoms with Gasteiger partial charge in [0, 0.05) is 24.0 Å². The number of halogens is 4. The monoisotopic (exact) mass is 452 g/mol. The molecule has 0 spiro atoms. The Kier molecular flexibility index (Phi) is 3.88. The SMILES string of the molecule is O=C(c1oc2c(C(F)(F)F)cc(C3CC3)cc2c1Cl)N1CCN(C23CC(C2)C3)C(=O)C1. The highest BCUT2D eigenvalue weighted by atomic mass is 35.5. The molecule has 5 nitrogen and oxygen atoms in total. The normalized spacial score (nSPS) is 28.0. The first-order valence-electron chi connectivity index (χ1n) is 10.6. The minimum atomic E-state index is -4.63. The van der Waals surface area contributed by atoms with Gasteiger partial charge in [-0.2, -0.15) is 13.2 Å². The highest BCUT2D eigenvalue weighted by Crippen LogP contribution is 2.60. The second-order valence-corrected chi connectivity index (χ2v) is 9.82. The third kappa shape index (κ3) is 2.83. The molecule has 2 heterocycles. The highest BCUT2D eigenvalue weighted by molar-refractivity contribution is 6.38. The van der Waals surface area contributed by atoms with Crippen molar-refractivity contribution in [1.29, 1.82) is 0 Å². The van der Waals surface area contributed by atoms with E-state index in [2.05, 4.69) is 0 Å². The van der Waals surface area contributed by atoms with Crippen LogP contribution in [0.5, 0.6) is 0 Å². The third-order valence-electron chi connectivity index (χ3n) is 7.39. The number of rotatable bonds is 3. The number of benzene rings is 1. The number of amides is 2. The van der Waals surface area contributed by atoms with E-state index in [-0.39, 0.29) is 40.1 Å². The summed E-state index contributed by atoms with van der Waals surface area (Å²) in [5.74, 6) is -0.296. The van der Waals surface area contributed by atoms with Crippen LogP contribution in [0.15, 0.2) is 16.5 Å². The van der Waals surface area contributed by atoms with Crippen molar-refractivity contribution >= 4 is 34.4 Å². The molecule has 2 amide bonds. The predicted octanol–water partition coefficient (Wildman–Crippen LogP) is 4.82.